The first kappa shape index (κ1) is 13.7. The highest BCUT2D eigenvalue weighted by Gasteiger charge is 2.25. The molecule has 0 aromatic carbocycles. The van der Waals surface area contributed by atoms with Crippen molar-refractivity contribution in [2.24, 2.45) is 17.8 Å². The lowest BCUT2D eigenvalue weighted by atomic mass is 10.1. The first-order chi connectivity index (χ1) is 8.24. The van der Waals surface area contributed by atoms with Gasteiger partial charge in [0.1, 0.15) is 0 Å². The molecule has 0 saturated carbocycles. The van der Waals surface area contributed by atoms with Crippen LogP contribution in [0.3, 0.4) is 0 Å². The summed E-state index contributed by atoms with van der Waals surface area (Å²) >= 11 is 2.14. The number of thioether (sulfide) groups is 1. The Kier molecular flexibility index (Phi) is 5.64. The summed E-state index contributed by atoms with van der Waals surface area (Å²) in [6, 6.07) is 0. The highest BCUT2D eigenvalue weighted by Crippen LogP contribution is 2.26. The number of hydrogen-bond acceptors (Lipinski definition) is 3. The fourth-order valence-corrected chi connectivity index (χ4v) is 4.19. The second-order valence-electron chi connectivity index (χ2n) is 6.20. The van der Waals surface area contributed by atoms with Gasteiger partial charge >= 0.3 is 0 Å². The summed E-state index contributed by atoms with van der Waals surface area (Å²) in [6.45, 7) is 11.0. The Hall–Kier alpha value is 0.270. The molecule has 2 saturated heterocycles. The van der Waals surface area contributed by atoms with Crippen LogP contribution in [0.4, 0.5) is 0 Å². The summed E-state index contributed by atoms with van der Waals surface area (Å²) in [5.74, 6) is 5.48. The third-order valence-corrected chi connectivity index (χ3v) is 5.13. The number of likely N-dealkylation sites (tertiary alicyclic amines) is 1. The largest absolute Gasteiger partial charge is 0.316 e. The van der Waals surface area contributed by atoms with E-state index < -0.39 is 0 Å². The van der Waals surface area contributed by atoms with Gasteiger partial charge in [0.15, 0.2) is 0 Å². The molecule has 2 atom stereocenters. The Labute approximate surface area is 111 Å². The maximum absolute atomic E-state index is 3.61. The first-order valence-electron chi connectivity index (χ1n) is 7.25. The van der Waals surface area contributed by atoms with Gasteiger partial charge in [-0.05, 0) is 61.7 Å². The fraction of sp³-hybridized carbons (Fsp3) is 1.00. The van der Waals surface area contributed by atoms with Crippen molar-refractivity contribution in [2.45, 2.75) is 26.7 Å². The van der Waals surface area contributed by atoms with Crippen molar-refractivity contribution < 1.29 is 0 Å². The van der Waals surface area contributed by atoms with Gasteiger partial charge < -0.3 is 10.2 Å². The molecule has 2 rings (SSSR count). The maximum atomic E-state index is 3.61. The molecular weight excluding hydrogens is 228 g/mol. The molecule has 1 N–H and O–H groups in total. The number of nitrogens with zero attached hydrogens (tertiary/aromatic N) is 1. The van der Waals surface area contributed by atoms with E-state index in [2.05, 4.69) is 35.8 Å². The Balaban J connectivity index is 1.58. The topological polar surface area (TPSA) is 15.3 Å². The molecule has 0 aromatic heterocycles. The van der Waals surface area contributed by atoms with Crippen molar-refractivity contribution in [1.29, 1.82) is 0 Å². The minimum absolute atomic E-state index is 0.781. The van der Waals surface area contributed by atoms with Crippen molar-refractivity contribution in [2.75, 3.05) is 44.2 Å². The van der Waals surface area contributed by atoms with Crippen LogP contribution in [0.1, 0.15) is 26.7 Å². The summed E-state index contributed by atoms with van der Waals surface area (Å²) in [7, 11) is 0. The van der Waals surface area contributed by atoms with Gasteiger partial charge in [0.25, 0.3) is 0 Å². The molecule has 0 amide bonds. The second kappa shape index (κ2) is 7.01. The van der Waals surface area contributed by atoms with Crippen LogP contribution in [0.15, 0.2) is 0 Å². The van der Waals surface area contributed by atoms with Gasteiger partial charge in [0.2, 0.25) is 0 Å². The molecule has 2 nitrogen and oxygen atoms in total. The van der Waals surface area contributed by atoms with Gasteiger partial charge in [0, 0.05) is 13.1 Å². The SMILES string of the molecule is CC(C)CNCC1CCN(CC2CCSC2)C1. The molecule has 0 aliphatic carbocycles. The van der Waals surface area contributed by atoms with Crippen LogP contribution in [-0.4, -0.2) is 49.1 Å². The van der Waals surface area contributed by atoms with E-state index in [9.17, 15) is 0 Å². The van der Waals surface area contributed by atoms with Crippen LogP contribution in [-0.2, 0) is 0 Å². The molecule has 2 aliphatic heterocycles. The van der Waals surface area contributed by atoms with Crippen molar-refractivity contribution in [1.82, 2.24) is 10.2 Å². The van der Waals surface area contributed by atoms with Gasteiger partial charge in [-0.15, -0.1) is 0 Å². The molecule has 2 unspecified atom stereocenters. The molecule has 0 aromatic rings. The maximum Gasteiger partial charge on any atom is 0.00224 e. The molecule has 2 aliphatic rings. The minimum atomic E-state index is 0.781. The van der Waals surface area contributed by atoms with Crippen LogP contribution in [0.25, 0.3) is 0 Å². The third-order valence-electron chi connectivity index (χ3n) is 3.90. The van der Waals surface area contributed by atoms with Gasteiger partial charge in [-0.3, -0.25) is 0 Å². The summed E-state index contributed by atoms with van der Waals surface area (Å²) in [6.07, 6.45) is 2.86. The Bertz CT molecular complexity index is 214. The quantitative estimate of drug-likeness (QED) is 0.785. The molecule has 100 valence electrons. The van der Waals surface area contributed by atoms with E-state index >= 15 is 0 Å². The average Bonchev–Trinajstić information content (AvgIpc) is 2.90. The van der Waals surface area contributed by atoms with Crippen LogP contribution < -0.4 is 5.32 Å². The van der Waals surface area contributed by atoms with E-state index in [4.69, 9.17) is 0 Å². The predicted molar refractivity (Wildman–Crippen MR) is 77.7 cm³/mol. The lowest BCUT2D eigenvalue weighted by molar-refractivity contribution is 0.279. The minimum Gasteiger partial charge on any atom is -0.316 e. The number of hydrogen-bond donors (Lipinski definition) is 1. The van der Waals surface area contributed by atoms with E-state index in [1.807, 2.05) is 0 Å². The van der Waals surface area contributed by atoms with Crippen LogP contribution in [0, 0.1) is 17.8 Å². The lowest BCUT2D eigenvalue weighted by Crippen LogP contribution is -2.31. The van der Waals surface area contributed by atoms with E-state index in [0.29, 0.717) is 0 Å². The summed E-state index contributed by atoms with van der Waals surface area (Å²) in [5.41, 5.74) is 0. The average molecular weight is 256 g/mol. The van der Waals surface area contributed by atoms with E-state index in [0.717, 1.165) is 17.8 Å². The Morgan fingerprint density at radius 1 is 1.29 bits per heavy atom. The van der Waals surface area contributed by atoms with Gasteiger partial charge in [0.05, 0.1) is 0 Å². The van der Waals surface area contributed by atoms with E-state index in [1.54, 1.807) is 0 Å². The van der Waals surface area contributed by atoms with Gasteiger partial charge in [-0.2, -0.15) is 11.8 Å². The highest BCUT2D eigenvalue weighted by atomic mass is 32.2. The zero-order valence-corrected chi connectivity index (χ0v) is 12.3. The summed E-state index contributed by atoms with van der Waals surface area (Å²) in [5, 5.41) is 3.61. The first-order valence-corrected chi connectivity index (χ1v) is 8.40. The number of nitrogens with one attached hydrogen (secondary N) is 1. The molecule has 2 fully saturated rings. The fourth-order valence-electron chi connectivity index (χ4n) is 2.91. The molecule has 0 bridgehead atoms. The predicted octanol–water partition coefficient (Wildman–Crippen LogP) is 2.31. The van der Waals surface area contributed by atoms with E-state index in [-0.39, 0.29) is 0 Å². The normalized spacial score (nSPS) is 30.5. The Morgan fingerprint density at radius 3 is 2.88 bits per heavy atom. The number of rotatable bonds is 6. The van der Waals surface area contributed by atoms with Crippen molar-refractivity contribution >= 4 is 11.8 Å². The summed E-state index contributed by atoms with van der Waals surface area (Å²) < 4.78 is 0. The standard InChI is InChI=1S/C14H28N2S/c1-12(2)7-15-8-13-3-5-16(9-13)10-14-4-6-17-11-14/h12-15H,3-11H2,1-2H3. The molecule has 2 heterocycles. The zero-order chi connectivity index (χ0) is 12.1. The van der Waals surface area contributed by atoms with Crippen molar-refractivity contribution in [3.63, 3.8) is 0 Å². The zero-order valence-electron chi connectivity index (χ0n) is 11.5. The van der Waals surface area contributed by atoms with Crippen LogP contribution in [0.5, 0.6) is 0 Å². The molecule has 0 radical (unpaired) electrons. The van der Waals surface area contributed by atoms with Crippen LogP contribution in [0.2, 0.25) is 0 Å². The highest BCUT2D eigenvalue weighted by molar-refractivity contribution is 7.99. The third kappa shape index (κ3) is 4.80. The molecule has 17 heavy (non-hydrogen) atoms. The van der Waals surface area contributed by atoms with E-state index in [1.165, 1.54) is 57.1 Å². The Morgan fingerprint density at radius 2 is 2.18 bits per heavy atom. The second-order valence-corrected chi connectivity index (χ2v) is 7.35. The molecular formula is C14H28N2S. The van der Waals surface area contributed by atoms with Crippen molar-refractivity contribution in [3.8, 4) is 0 Å². The smallest absolute Gasteiger partial charge is 0.00224 e. The van der Waals surface area contributed by atoms with Crippen molar-refractivity contribution in [3.05, 3.63) is 0 Å². The van der Waals surface area contributed by atoms with Gasteiger partial charge in [-0.1, -0.05) is 13.8 Å². The van der Waals surface area contributed by atoms with Crippen LogP contribution >= 0.6 is 11.8 Å². The molecule has 3 heteroatoms. The lowest BCUT2D eigenvalue weighted by Gasteiger charge is -2.20. The summed E-state index contributed by atoms with van der Waals surface area (Å²) in [4.78, 5) is 2.71. The van der Waals surface area contributed by atoms with Gasteiger partial charge in [-0.25, -0.2) is 0 Å². The monoisotopic (exact) mass is 256 g/mol. The molecule has 0 spiro atoms.